The van der Waals surface area contributed by atoms with E-state index in [1.807, 2.05) is 0 Å². The monoisotopic (exact) mass is 275 g/mol. The molecule has 0 radical (unpaired) electrons. The molecular formula is C10H14BrNO3. The molecule has 0 amide bonds. The summed E-state index contributed by atoms with van der Waals surface area (Å²) in [5, 5.41) is 9.00. The van der Waals surface area contributed by atoms with Crippen molar-refractivity contribution in [2.75, 3.05) is 20.8 Å². The first-order chi connectivity index (χ1) is 7.15. The molecule has 15 heavy (non-hydrogen) atoms. The minimum atomic E-state index is -0.456. The van der Waals surface area contributed by atoms with E-state index in [0.29, 0.717) is 16.0 Å². The number of benzene rings is 1. The number of aliphatic hydroxyl groups excluding tert-OH is 1. The molecule has 1 rings (SSSR count). The minimum Gasteiger partial charge on any atom is -0.495 e. The van der Waals surface area contributed by atoms with E-state index in [-0.39, 0.29) is 6.61 Å². The van der Waals surface area contributed by atoms with Gasteiger partial charge in [0.15, 0.2) is 0 Å². The van der Waals surface area contributed by atoms with Crippen LogP contribution >= 0.6 is 15.9 Å². The minimum absolute atomic E-state index is 0.130. The van der Waals surface area contributed by atoms with Gasteiger partial charge in [-0.15, -0.1) is 0 Å². The van der Waals surface area contributed by atoms with Gasteiger partial charge in [0.2, 0.25) is 0 Å². The topological polar surface area (TPSA) is 64.7 Å². The first-order valence-corrected chi connectivity index (χ1v) is 5.21. The summed E-state index contributed by atoms with van der Waals surface area (Å²) in [5.74, 6) is 1.26. The highest BCUT2D eigenvalue weighted by atomic mass is 79.9. The first-order valence-electron chi connectivity index (χ1n) is 4.42. The van der Waals surface area contributed by atoms with Crippen molar-refractivity contribution < 1.29 is 14.6 Å². The van der Waals surface area contributed by atoms with Gasteiger partial charge in [-0.3, -0.25) is 0 Å². The molecule has 0 aliphatic heterocycles. The molecule has 4 nitrogen and oxygen atoms in total. The summed E-state index contributed by atoms with van der Waals surface area (Å²) in [6, 6.07) is 3.10. The van der Waals surface area contributed by atoms with Crippen molar-refractivity contribution in [3.8, 4) is 11.5 Å². The van der Waals surface area contributed by atoms with Crippen molar-refractivity contribution in [3.63, 3.8) is 0 Å². The summed E-state index contributed by atoms with van der Waals surface area (Å²) < 4.78 is 11.1. The Morgan fingerprint density at radius 2 is 2.07 bits per heavy atom. The summed E-state index contributed by atoms with van der Waals surface area (Å²) in [5.41, 5.74) is 6.48. The number of aliphatic hydroxyl groups is 1. The van der Waals surface area contributed by atoms with E-state index in [2.05, 4.69) is 15.9 Å². The highest BCUT2D eigenvalue weighted by Crippen LogP contribution is 2.38. The molecule has 0 saturated carbocycles. The Hall–Kier alpha value is -0.780. The van der Waals surface area contributed by atoms with Crippen LogP contribution in [0.5, 0.6) is 11.5 Å². The molecule has 5 heteroatoms. The Morgan fingerprint density at radius 1 is 1.40 bits per heavy atom. The van der Waals surface area contributed by atoms with Crippen LogP contribution in [0.15, 0.2) is 16.6 Å². The second-order valence-corrected chi connectivity index (χ2v) is 3.79. The van der Waals surface area contributed by atoms with Crippen molar-refractivity contribution >= 4 is 15.9 Å². The van der Waals surface area contributed by atoms with Crippen LogP contribution in [-0.2, 0) is 0 Å². The Balaban J connectivity index is 3.24. The lowest BCUT2D eigenvalue weighted by Crippen LogP contribution is -2.15. The van der Waals surface area contributed by atoms with E-state index in [9.17, 15) is 0 Å². The lowest BCUT2D eigenvalue weighted by molar-refractivity contribution is 0.264. The third-order valence-electron chi connectivity index (χ3n) is 2.11. The zero-order valence-corrected chi connectivity index (χ0v) is 10.2. The fourth-order valence-electron chi connectivity index (χ4n) is 1.31. The van der Waals surface area contributed by atoms with Crippen molar-refractivity contribution in [3.05, 3.63) is 22.2 Å². The maximum Gasteiger partial charge on any atom is 0.141 e. The molecule has 0 fully saturated rings. The van der Waals surface area contributed by atoms with Crippen LogP contribution in [-0.4, -0.2) is 25.9 Å². The average molecular weight is 276 g/mol. The number of methoxy groups -OCH3 is 2. The third kappa shape index (κ3) is 2.42. The van der Waals surface area contributed by atoms with E-state index in [1.54, 1.807) is 26.4 Å². The SMILES string of the molecule is COc1ccc(C(N)CO)c(OC)c1Br. The summed E-state index contributed by atoms with van der Waals surface area (Å²) in [4.78, 5) is 0. The predicted molar refractivity (Wildman–Crippen MR) is 61.3 cm³/mol. The van der Waals surface area contributed by atoms with E-state index in [4.69, 9.17) is 20.3 Å². The predicted octanol–water partition coefficient (Wildman–Crippen LogP) is 1.46. The number of rotatable bonds is 4. The molecule has 0 heterocycles. The summed E-state index contributed by atoms with van der Waals surface area (Å²) in [6.45, 7) is -0.130. The van der Waals surface area contributed by atoms with Crippen LogP contribution in [0.4, 0.5) is 0 Å². The van der Waals surface area contributed by atoms with Gasteiger partial charge in [0.05, 0.1) is 26.9 Å². The third-order valence-corrected chi connectivity index (χ3v) is 2.86. The molecule has 1 atom stereocenters. The van der Waals surface area contributed by atoms with Crippen LogP contribution in [0.25, 0.3) is 0 Å². The van der Waals surface area contributed by atoms with Gasteiger partial charge >= 0.3 is 0 Å². The Bertz CT molecular complexity index is 344. The van der Waals surface area contributed by atoms with Gasteiger partial charge in [-0.2, -0.15) is 0 Å². The lowest BCUT2D eigenvalue weighted by atomic mass is 10.1. The van der Waals surface area contributed by atoms with Gasteiger partial charge in [0, 0.05) is 5.56 Å². The second-order valence-electron chi connectivity index (χ2n) is 2.99. The van der Waals surface area contributed by atoms with Gasteiger partial charge < -0.3 is 20.3 Å². The second kappa shape index (κ2) is 5.34. The largest absolute Gasteiger partial charge is 0.495 e. The number of hydrogen-bond acceptors (Lipinski definition) is 4. The highest BCUT2D eigenvalue weighted by molar-refractivity contribution is 9.10. The summed E-state index contributed by atoms with van der Waals surface area (Å²) in [6.07, 6.45) is 0. The van der Waals surface area contributed by atoms with Crippen molar-refractivity contribution in [1.29, 1.82) is 0 Å². The molecular weight excluding hydrogens is 262 g/mol. The zero-order chi connectivity index (χ0) is 11.4. The smallest absolute Gasteiger partial charge is 0.141 e. The Labute approximate surface area is 97.1 Å². The maximum absolute atomic E-state index is 9.00. The summed E-state index contributed by atoms with van der Waals surface area (Å²) >= 11 is 3.36. The standard InChI is InChI=1S/C10H14BrNO3/c1-14-8-4-3-6(7(12)5-13)10(15-2)9(8)11/h3-4,7,13H,5,12H2,1-2H3. The van der Waals surface area contributed by atoms with Crippen molar-refractivity contribution in [2.45, 2.75) is 6.04 Å². The molecule has 3 N–H and O–H groups in total. The zero-order valence-electron chi connectivity index (χ0n) is 8.66. The van der Waals surface area contributed by atoms with E-state index >= 15 is 0 Å². The van der Waals surface area contributed by atoms with Gasteiger partial charge in [0.25, 0.3) is 0 Å². The molecule has 1 aromatic rings. The fourth-order valence-corrected chi connectivity index (χ4v) is 1.99. The van der Waals surface area contributed by atoms with Crippen molar-refractivity contribution in [2.24, 2.45) is 5.73 Å². The Morgan fingerprint density at radius 3 is 2.53 bits per heavy atom. The quantitative estimate of drug-likeness (QED) is 0.873. The Kier molecular flexibility index (Phi) is 4.38. The van der Waals surface area contributed by atoms with Crippen LogP contribution in [0.1, 0.15) is 11.6 Å². The first kappa shape index (κ1) is 12.3. The van der Waals surface area contributed by atoms with Gasteiger partial charge in [-0.05, 0) is 28.1 Å². The number of ether oxygens (including phenoxy) is 2. The van der Waals surface area contributed by atoms with Gasteiger partial charge in [-0.25, -0.2) is 0 Å². The van der Waals surface area contributed by atoms with Crippen LogP contribution < -0.4 is 15.2 Å². The molecule has 1 unspecified atom stereocenters. The maximum atomic E-state index is 9.00. The van der Waals surface area contributed by atoms with Crippen LogP contribution in [0.2, 0.25) is 0 Å². The van der Waals surface area contributed by atoms with E-state index < -0.39 is 6.04 Å². The molecule has 0 bridgehead atoms. The summed E-state index contributed by atoms with van der Waals surface area (Å²) in [7, 11) is 3.12. The highest BCUT2D eigenvalue weighted by Gasteiger charge is 2.16. The molecule has 84 valence electrons. The molecule has 0 aliphatic rings. The molecule has 0 aromatic heterocycles. The van der Waals surface area contributed by atoms with Gasteiger partial charge in [-0.1, -0.05) is 0 Å². The lowest BCUT2D eigenvalue weighted by Gasteiger charge is -2.16. The van der Waals surface area contributed by atoms with Gasteiger partial charge in [0.1, 0.15) is 16.0 Å². The normalized spacial score (nSPS) is 12.3. The van der Waals surface area contributed by atoms with Crippen molar-refractivity contribution in [1.82, 2.24) is 0 Å². The van der Waals surface area contributed by atoms with Crippen LogP contribution in [0, 0.1) is 0 Å². The van der Waals surface area contributed by atoms with E-state index in [0.717, 1.165) is 5.56 Å². The molecule has 0 aliphatic carbocycles. The molecule has 0 spiro atoms. The molecule has 0 saturated heterocycles. The number of halogens is 1. The van der Waals surface area contributed by atoms with Crippen LogP contribution in [0.3, 0.4) is 0 Å². The molecule has 1 aromatic carbocycles. The average Bonchev–Trinajstić information content (AvgIpc) is 2.27. The number of hydrogen-bond donors (Lipinski definition) is 2. The number of nitrogens with two attached hydrogens (primary N) is 1. The fraction of sp³-hybridized carbons (Fsp3) is 0.400. The van der Waals surface area contributed by atoms with E-state index in [1.165, 1.54) is 0 Å².